The van der Waals surface area contributed by atoms with E-state index in [0.717, 1.165) is 28.2 Å². The molecule has 0 atom stereocenters. The third kappa shape index (κ3) is 3.50. The third-order valence-corrected chi connectivity index (χ3v) is 2.93. The maximum Gasteiger partial charge on any atom is 0.330 e. The Morgan fingerprint density at radius 3 is 2.42 bits per heavy atom. The zero-order chi connectivity index (χ0) is 14.4. The van der Waals surface area contributed by atoms with Crippen molar-refractivity contribution in [2.45, 2.75) is 20.8 Å². The summed E-state index contributed by atoms with van der Waals surface area (Å²) in [5, 5.41) is 0. The van der Waals surface area contributed by atoms with Gasteiger partial charge in [0, 0.05) is 11.6 Å². The van der Waals surface area contributed by atoms with Crippen LogP contribution in [0.3, 0.4) is 0 Å². The molecule has 0 aliphatic rings. The van der Waals surface area contributed by atoms with Gasteiger partial charge in [0.2, 0.25) is 0 Å². The van der Waals surface area contributed by atoms with E-state index in [1.54, 1.807) is 27.2 Å². The average molecular weight is 264 g/mol. The minimum absolute atomic E-state index is 0.358. The zero-order valence-electron chi connectivity index (χ0n) is 12.1. The summed E-state index contributed by atoms with van der Waals surface area (Å²) in [5.41, 5.74) is 2.80. The van der Waals surface area contributed by atoms with Crippen molar-refractivity contribution in [1.82, 2.24) is 0 Å². The fourth-order valence-corrected chi connectivity index (χ4v) is 1.84. The number of hydrogen-bond acceptors (Lipinski definition) is 4. The molecular formula is C15H20O4. The van der Waals surface area contributed by atoms with E-state index in [9.17, 15) is 4.79 Å². The predicted molar refractivity (Wildman–Crippen MR) is 74.7 cm³/mol. The smallest absolute Gasteiger partial charge is 0.330 e. The van der Waals surface area contributed by atoms with Crippen molar-refractivity contribution in [1.29, 1.82) is 0 Å². The summed E-state index contributed by atoms with van der Waals surface area (Å²) in [6.07, 6.45) is 3.06. The van der Waals surface area contributed by atoms with Crippen LogP contribution < -0.4 is 9.47 Å². The van der Waals surface area contributed by atoms with Crippen molar-refractivity contribution in [2.75, 3.05) is 20.8 Å². The molecule has 0 saturated carbocycles. The van der Waals surface area contributed by atoms with Crippen LogP contribution in [0.2, 0.25) is 0 Å². The van der Waals surface area contributed by atoms with Gasteiger partial charge >= 0.3 is 5.97 Å². The number of rotatable bonds is 5. The Morgan fingerprint density at radius 1 is 1.21 bits per heavy atom. The second-order valence-electron chi connectivity index (χ2n) is 4.04. The van der Waals surface area contributed by atoms with E-state index >= 15 is 0 Å². The van der Waals surface area contributed by atoms with Gasteiger partial charge in [-0.1, -0.05) is 0 Å². The Labute approximate surface area is 114 Å². The van der Waals surface area contributed by atoms with Gasteiger partial charge in [0.15, 0.2) is 0 Å². The highest BCUT2D eigenvalue weighted by Gasteiger charge is 2.12. The van der Waals surface area contributed by atoms with Crippen LogP contribution in [0.1, 0.15) is 23.6 Å². The number of esters is 1. The Balaban J connectivity index is 3.19. The first-order valence-electron chi connectivity index (χ1n) is 6.12. The van der Waals surface area contributed by atoms with E-state index in [-0.39, 0.29) is 5.97 Å². The molecule has 0 aliphatic heterocycles. The first-order valence-corrected chi connectivity index (χ1v) is 6.12. The Morgan fingerprint density at radius 2 is 1.89 bits per heavy atom. The first-order chi connectivity index (χ1) is 9.04. The largest absolute Gasteiger partial charge is 0.496 e. The average Bonchev–Trinajstić information content (AvgIpc) is 2.40. The molecule has 104 valence electrons. The van der Waals surface area contributed by atoms with Crippen LogP contribution >= 0.6 is 0 Å². The van der Waals surface area contributed by atoms with Crippen LogP contribution in [-0.2, 0) is 9.53 Å². The molecule has 4 heteroatoms. The van der Waals surface area contributed by atoms with Gasteiger partial charge in [0.25, 0.3) is 0 Å². The lowest BCUT2D eigenvalue weighted by Crippen LogP contribution is -2.00. The Hall–Kier alpha value is -1.97. The summed E-state index contributed by atoms with van der Waals surface area (Å²) in [6, 6.07) is 1.84. The molecule has 0 saturated heterocycles. The zero-order valence-corrected chi connectivity index (χ0v) is 12.1. The summed E-state index contributed by atoms with van der Waals surface area (Å²) in [6.45, 7) is 6.05. The van der Waals surface area contributed by atoms with E-state index in [2.05, 4.69) is 0 Å². The molecule has 19 heavy (non-hydrogen) atoms. The molecule has 1 aromatic carbocycles. The SMILES string of the molecule is CCOC(=O)C=Cc1cc(OC)c(C)c(C)c1OC. The molecular weight excluding hydrogens is 244 g/mol. The summed E-state index contributed by atoms with van der Waals surface area (Å²) in [5.74, 6) is 1.13. The fraction of sp³-hybridized carbons (Fsp3) is 0.400. The molecule has 0 amide bonds. The van der Waals surface area contributed by atoms with Crippen molar-refractivity contribution < 1.29 is 19.0 Å². The number of carbonyl (C=O) groups excluding carboxylic acids is 1. The molecule has 0 aromatic heterocycles. The highest BCUT2D eigenvalue weighted by Crippen LogP contribution is 2.33. The molecule has 0 heterocycles. The molecule has 1 aromatic rings. The van der Waals surface area contributed by atoms with Crippen LogP contribution in [0.25, 0.3) is 6.08 Å². The molecule has 4 nitrogen and oxygen atoms in total. The molecule has 0 unspecified atom stereocenters. The molecule has 0 radical (unpaired) electrons. The monoisotopic (exact) mass is 264 g/mol. The van der Waals surface area contributed by atoms with Gasteiger partial charge in [-0.25, -0.2) is 4.79 Å². The number of benzene rings is 1. The van der Waals surface area contributed by atoms with Crippen LogP contribution in [0, 0.1) is 13.8 Å². The maximum atomic E-state index is 11.3. The maximum absolute atomic E-state index is 11.3. The normalized spacial score (nSPS) is 10.6. The quantitative estimate of drug-likeness (QED) is 0.606. The molecule has 0 bridgehead atoms. The summed E-state index contributed by atoms with van der Waals surface area (Å²) >= 11 is 0. The molecule has 0 spiro atoms. The first kappa shape index (κ1) is 15.1. The van der Waals surface area contributed by atoms with Crippen LogP contribution in [-0.4, -0.2) is 26.8 Å². The van der Waals surface area contributed by atoms with E-state index in [1.165, 1.54) is 6.08 Å². The van der Waals surface area contributed by atoms with Crippen molar-refractivity contribution in [2.24, 2.45) is 0 Å². The van der Waals surface area contributed by atoms with E-state index in [0.29, 0.717) is 6.61 Å². The van der Waals surface area contributed by atoms with Gasteiger partial charge in [-0.15, -0.1) is 0 Å². The molecule has 0 aliphatic carbocycles. The third-order valence-electron chi connectivity index (χ3n) is 2.93. The number of ether oxygens (including phenoxy) is 3. The second kappa shape index (κ2) is 6.83. The minimum Gasteiger partial charge on any atom is -0.496 e. The number of carbonyl (C=O) groups is 1. The minimum atomic E-state index is -0.373. The van der Waals surface area contributed by atoms with E-state index in [4.69, 9.17) is 14.2 Å². The van der Waals surface area contributed by atoms with Crippen molar-refractivity contribution >= 4 is 12.0 Å². The van der Waals surface area contributed by atoms with Crippen molar-refractivity contribution in [3.8, 4) is 11.5 Å². The van der Waals surface area contributed by atoms with Crippen LogP contribution in [0.4, 0.5) is 0 Å². The summed E-state index contributed by atoms with van der Waals surface area (Å²) in [4.78, 5) is 11.3. The van der Waals surface area contributed by atoms with Gasteiger partial charge in [-0.2, -0.15) is 0 Å². The Kier molecular flexibility index (Phi) is 5.42. The standard InChI is InChI=1S/C15H20O4/c1-6-19-14(16)8-7-12-9-13(17-4)10(2)11(3)15(12)18-5/h7-9H,6H2,1-5H3. The van der Waals surface area contributed by atoms with Crippen LogP contribution in [0.5, 0.6) is 11.5 Å². The summed E-state index contributed by atoms with van der Waals surface area (Å²) in [7, 11) is 3.23. The fourth-order valence-electron chi connectivity index (χ4n) is 1.84. The van der Waals surface area contributed by atoms with Crippen molar-refractivity contribution in [3.63, 3.8) is 0 Å². The lowest BCUT2D eigenvalue weighted by atomic mass is 10.0. The van der Waals surface area contributed by atoms with E-state index in [1.807, 2.05) is 19.9 Å². The highest BCUT2D eigenvalue weighted by molar-refractivity contribution is 5.88. The van der Waals surface area contributed by atoms with Gasteiger partial charge in [-0.3, -0.25) is 0 Å². The topological polar surface area (TPSA) is 44.8 Å². The predicted octanol–water partition coefficient (Wildman–Crippen LogP) is 2.90. The van der Waals surface area contributed by atoms with Gasteiger partial charge in [0.1, 0.15) is 11.5 Å². The second-order valence-corrected chi connectivity index (χ2v) is 4.04. The molecule has 0 fully saturated rings. The summed E-state index contributed by atoms with van der Waals surface area (Å²) < 4.78 is 15.6. The lowest BCUT2D eigenvalue weighted by Gasteiger charge is -2.14. The lowest BCUT2D eigenvalue weighted by molar-refractivity contribution is -0.137. The van der Waals surface area contributed by atoms with Crippen LogP contribution in [0.15, 0.2) is 12.1 Å². The van der Waals surface area contributed by atoms with Crippen molar-refractivity contribution in [3.05, 3.63) is 28.8 Å². The highest BCUT2D eigenvalue weighted by atomic mass is 16.5. The van der Waals surface area contributed by atoms with Gasteiger partial charge in [-0.05, 0) is 44.0 Å². The van der Waals surface area contributed by atoms with Gasteiger partial charge in [0.05, 0.1) is 20.8 Å². The Bertz CT molecular complexity index is 489. The number of hydrogen-bond donors (Lipinski definition) is 0. The van der Waals surface area contributed by atoms with E-state index < -0.39 is 0 Å². The molecule has 1 rings (SSSR count). The van der Waals surface area contributed by atoms with Gasteiger partial charge < -0.3 is 14.2 Å². The molecule has 0 N–H and O–H groups in total. The number of methoxy groups -OCH3 is 2.